The molecule has 7 nitrogen and oxygen atoms in total. The van der Waals surface area contributed by atoms with Crippen LogP contribution in [-0.4, -0.2) is 92.7 Å². The van der Waals surface area contributed by atoms with Crippen molar-refractivity contribution in [1.29, 1.82) is 0 Å². The van der Waals surface area contributed by atoms with Gasteiger partial charge >= 0.3 is 0 Å². The summed E-state index contributed by atoms with van der Waals surface area (Å²) < 4.78 is 0. The number of nitrogens with one attached hydrogen (secondary N) is 1. The number of hydrogen-bond donors (Lipinski definition) is 1. The largest absolute Gasteiger partial charge is 0.369 e. The monoisotopic (exact) mass is 549 g/mol. The van der Waals surface area contributed by atoms with Crippen LogP contribution in [0, 0.1) is 0 Å². The highest BCUT2D eigenvalue weighted by atomic mass is 127. The Kier molecular flexibility index (Phi) is 9.40. The molecule has 2 aliphatic rings. The predicted molar refractivity (Wildman–Crippen MR) is 144 cm³/mol. The average Bonchev–Trinajstić information content (AvgIpc) is 2.86. The molecule has 0 aliphatic carbocycles. The zero-order chi connectivity index (χ0) is 21.5. The minimum Gasteiger partial charge on any atom is -0.369 e. The van der Waals surface area contributed by atoms with Crippen molar-refractivity contribution in [2.45, 2.75) is 13.0 Å². The molecule has 4 rings (SSSR count). The van der Waals surface area contributed by atoms with Crippen molar-refractivity contribution in [1.82, 2.24) is 20.1 Å². The number of rotatable bonds is 5. The number of pyridine rings is 1. The second kappa shape index (κ2) is 12.2. The first kappa shape index (κ1) is 24.6. The van der Waals surface area contributed by atoms with E-state index < -0.39 is 0 Å². The Labute approximate surface area is 209 Å². The first-order chi connectivity index (χ1) is 15.2. The summed E-state index contributed by atoms with van der Waals surface area (Å²) in [5, 5.41) is 3.62. The van der Waals surface area contributed by atoms with Crippen molar-refractivity contribution in [3.05, 3.63) is 54.7 Å². The number of piperazine rings is 2. The number of hydrogen-bond acceptors (Lipinski definition) is 5. The third-order valence-corrected chi connectivity index (χ3v) is 6.38. The summed E-state index contributed by atoms with van der Waals surface area (Å²) in [6.07, 6.45) is 1.86. The van der Waals surface area contributed by atoms with Gasteiger partial charge in [0.05, 0.1) is 0 Å². The molecule has 8 heteroatoms. The summed E-state index contributed by atoms with van der Waals surface area (Å²) in [6, 6.07) is 17.3. The SMILES string of the molecule is CN=C(NCC(C)N1CCN(c2ccccc2)CC1)N1CCN(c2ccccn2)CC1.I. The van der Waals surface area contributed by atoms with Crippen molar-refractivity contribution in [3.8, 4) is 0 Å². The number of para-hydroxylation sites is 1. The maximum atomic E-state index is 4.55. The lowest BCUT2D eigenvalue weighted by atomic mass is 10.2. The molecule has 2 saturated heterocycles. The van der Waals surface area contributed by atoms with E-state index >= 15 is 0 Å². The average molecular weight is 550 g/mol. The Morgan fingerprint density at radius 3 is 2.19 bits per heavy atom. The fourth-order valence-corrected chi connectivity index (χ4v) is 4.45. The van der Waals surface area contributed by atoms with Crippen LogP contribution in [0.1, 0.15) is 6.92 Å². The van der Waals surface area contributed by atoms with E-state index in [9.17, 15) is 0 Å². The first-order valence-corrected chi connectivity index (χ1v) is 11.4. The molecule has 2 fully saturated rings. The van der Waals surface area contributed by atoms with Gasteiger partial charge in [0.25, 0.3) is 0 Å². The zero-order valence-corrected chi connectivity index (χ0v) is 21.6. The van der Waals surface area contributed by atoms with E-state index in [0.717, 1.165) is 70.7 Å². The molecule has 1 unspecified atom stereocenters. The number of benzene rings is 1. The van der Waals surface area contributed by atoms with Crippen LogP contribution in [0.5, 0.6) is 0 Å². The van der Waals surface area contributed by atoms with E-state index in [2.05, 4.69) is 84.3 Å². The fraction of sp³-hybridized carbons (Fsp3) is 0.500. The van der Waals surface area contributed by atoms with Crippen molar-refractivity contribution >= 4 is 41.4 Å². The van der Waals surface area contributed by atoms with Gasteiger partial charge in [-0.2, -0.15) is 0 Å². The molecule has 1 aromatic heterocycles. The van der Waals surface area contributed by atoms with Crippen LogP contribution < -0.4 is 15.1 Å². The van der Waals surface area contributed by atoms with E-state index in [1.807, 2.05) is 19.3 Å². The third kappa shape index (κ3) is 6.25. The number of guanidine groups is 1. The molecule has 1 atom stereocenters. The molecule has 0 saturated carbocycles. The normalized spacial score (nSPS) is 18.8. The molecule has 0 radical (unpaired) electrons. The third-order valence-electron chi connectivity index (χ3n) is 6.38. The smallest absolute Gasteiger partial charge is 0.193 e. The van der Waals surface area contributed by atoms with Crippen molar-refractivity contribution < 1.29 is 0 Å². The van der Waals surface area contributed by atoms with Crippen LogP contribution in [0.25, 0.3) is 0 Å². The van der Waals surface area contributed by atoms with Gasteiger partial charge in [0.2, 0.25) is 0 Å². The van der Waals surface area contributed by atoms with Crippen LogP contribution in [0.2, 0.25) is 0 Å². The molecule has 32 heavy (non-hydrogen) atoms. The van der Waals surface area contributed by atoms with Crippen LogP contribution in [0.4, 0.5) is 11.5 Å². The van der Waals surface area contributed by atoms with E-state index in [1.165, 1.54) is 5.69 Å². The topological polar surface area (TPSA) is 50.2 Å². The Balaban J connectivity index is 0.00000289. The minimum absolute atomic E-state index is 0. The summed E-state index contributed by atoms with van der Waals surface area (Å²) in [7, 11) is 1.89. The Bertz CT molecular complexity index is 817. The molecule has 0 amide bonds. The lowest BCUT2D eigenvalue weighted by Crippen LogP contribution is -2.56. The summed E-state index contributed by atoms with van der Waals surface area (Å²) >= 11 is 0. The van der Waals surface area contributed by atoms with Crippen molar-refractivity contribution in [2.24, 2.45) is 4.99 Å². The molecule has 2 aliphatic heterocycles. The van der Waals surface area contributed by atoms with Gasteiger partial charge in [-0.05, 0) is 31.2 Å². The van der Waals surface area contributed by atoms with Gasteiger partial charge < -0.3 is 20.0 Å². The number of anilines is 2. The second-order valence-electron chi connectivity index (χ2n) is 8.30. The van der Waals surface area contributed by atoms with Crippen LogP contribution in [0.3, 0.4) is 0 Å². The van der Waals surface area contributed by atoms with E-state index in [1.54, 1.807) is 0 Å². The Morgan fingerprint density at radius 1 is 0.906 bits per heavy atom. The number of halogens is 1. The quantitative estimate of drug-likeness (QED) is 0.352. The lowest BCUT2D eigenvalue weighted by Gasteiger charge is -2.40. The van der Waals surface area contributed by atoms with Gasteiger partial charge in [0, 0.05) is 83.9 Å². The van der Waals surface area contributed by atoms with Gasteiger partial charge in [-0.1, -0.05) is 24.3 Å². The molecule has 2 aromatic rings. The van der Waals surface area contributed by atoms with E-state index in [0.29, 0.717) is 6.04 Å². The zero-order valence-electron chi connectivity index (χ0n) is 19.2. The maximum Gasteiger partial charge on any atom is 0.193 e. The minimum atomic E-state index is 0. The van der Waals surface area contributed by atoms with Crippen LogP contribution in [-0.2, 0) is 0 Å². The molecular weight excluding hydrogens is 513 g/mol. The van der Waals surface area contributed by atoms with Gasteiger partial charge in [0.1, 0.15) is 5.82 Å². The Morgan fingerprint density at radius 2 is 1.56 bits per heavy atom. The van der Waals surface area contributed by atoms with E-state index in [-0.39, 0.29) is 24.0 Å². The predicted octanol–water partition coefficient (Wildman–Crippen LogP) is 2.61. The van der Waals surface area contributed by atoms with Crippen LogP contribution >= 0.6 is 24.0 Å². The van der Waals surface area contributed by atoms with Crippen LogP contribution in [0.15, 0.2) is 59.7 Å². The standard InChI is InChI=1S/C24H35N7.HI/c1-21(28-12-14-29(15-13-28)22-8-4-3-5-9-22)20-27-24(25-2)31-18-16-30(17-19-31)23-10-6-7-11-26-23;/h3-11,21H,12-20H2,1-2H3,(H,25,27);1H. The molecule has 3 heterocycles. The van der Waals surface area contributed by atoms with E-state index in [4.69, 9.17) is 0 Å². The molecular formula is C24H36IN7. The van der Waals surface area contributed by atoms with Crippen molar-refractivity contribution in [2.75, 3.05) is 75.8 Å². The highest BCUT2D eigenvalue weighted by Crippen LogP contribution is 2.17. The fourth-order valence-electron chi connectivity index (χ4n) is 4.45. The van der Waals surface area contributed by atoms with Gasteiger partial charge in [0.15, 0.2) is 5.96 Å². The maximum absolute atomic E-state index is 4.55. The second-order valence-corrected chi connectivity index (χ2v) is 8.30. The first-order valence-electron chi connectivity index (χ1n) is 11.4. The summed E-state index contributed by atoms with van der Waals surface area (Å²) in [5.41, 5.74) is 1.33. The highest BCUT2D eigenvalue weighted by Gasteiger charge is 2.23. The number of aromatic nitrogens is 1. The molecule has 0 spiro atoms. The summed E-state index contributed by atoms with van der Waals surface area (Å²) in [5.74, 6) is 2.07. The Hall–Kier alpha value is -2.07. The summed E-state index contributed by atoms with van der Waals surface area (Å²) in [6.45, 7) is 11.4. The lowest BCUT2D eigenvalue weighted by molar-refractivity contribution is 0.196. The molecule has 1 aromatic carbocycles. The number of nitrogens with zero attached hydrogens (tertiary/aromatic N) is 6. The van der Waals surface area contributed by atoms with Gasteiger partial charge in [-0.15, -0.1) is 24.0 Å². The van der Waals surface area contributed by atoms with Gasteiger partial charge in [-0.3, -0.25) is 9.89 Å². The number of aliphatic imine (C=N–C) groups is 1. The van der Waals surface area contributed by atoms with Crippen molar-refractivity contribution in [3.63, 3.8) is 0 Å². The summed E-state index contributed by atoms with van der Waals surface area (Å²) in [4.78, 5) is 18.8. The molecule has 174 valence electrons. The highest BCUT2D eigenvalue weighted by molar-refractivity contribution is 14.0. The molecule has 1 N–H and O–H groups in total. The van der Waals surface area contributed by atoms with Gasteiger partial charge in [-0.25, -0.2) is 4.98 Å². The molecule has 0 bridgehead atoms.